The Balaban J connectivity index is 1.75. The van der Waals surface area contributed by atoms with Crippen LogP contribution in [0.2, 0.25) is 5.15 Å². The van der Waals surface area contributed by atoms with Crippen LogP contribution in [0.5, 0.6) is 0 Å². The lowest BCUT2D eigenvalue weighted by molar-refractivity contribution is 0.161. The third-order valence-electron chi connectivity index (χ3n) is 5.36. The molecule has 0 unspecified atom stereocenters. The first-order chi connectivity index (χ1) is 13.9. The van der Waals surface area contributed by atoms with Gasteiger partial charge in [-0.15, -0.1) is 0 Å². The molecular weight excluding hydrogens is 386 g/mol. The highest BCUT2D eigenvalue weighted by molar-refractivity contribution is 7.89. The topological polar surface area (TPSA) is 122 Å². The van der Waals surface area contributed by atoms with Crippen LogP contribution in [0, 0.1) is 23.6 Å². The molecule has 3 saturated carbocycles. The van der Waals surface area contributed by atoms with Gasteiger partial charge in [0.05, 0.1) is 28.3 Å². The highest BCUT2D eigenvalue weighted by Crippen LogP contribution is 2.61. The third-order valence-corrected chi connectivity index (χ3v) is 7.21. The van der Waals surface area contributed by atoms with E-state index in [0.29, 0.717) is 25.7 Å². The minimum Gasteiger partial charge on any atom is -0.381 e. The Morgan fingerprint density at radius 1 is 1.41 bits per heavy atom. The van der Waals surface area contributed by atoms with Gasteiger partial charge < -0.3 is 5.73 Å². The van der Waals surface area contributed by atoms with Crippen molar-refractivity contribution in [2.45, 2.75) is 43.0 Å². The van der Waals surface area contributed by atoms with E-state index in [4.69, 9.17) is 21.4 Å². The van der Waals surface area contributed by atoms with E-state index in [-0.39, 0.29) is 32.7 Å². The van der Waals surface area contributed by atoms with Gasteiger partial charge in [0.15, 0.2) is 11.0 Å². The van der Waals surface area contributed by atoms with Gasteiger partial charge in [0.1, 0.15) is 0 Å². The molecule has 3 aliphatic carbocycles. The molecule has 1 aromatic carbocycles. The van der Waals surface area contributed by atoms with Gasteiger partial charge in [-0.05, 0) is 50.2 Å². The number of aryl methyl sites for hydroxylation is 1. The molecule has 1 heterocycles. The van der Waals surface area contributed by atoms with E-state index < -0.39 is 27.8 Å². The third kappa shape index (κ3) is 2.96. The number of nitrogens with zero attached hydrogens (tertiary/aromatic N) is 3. The van der Waals surface area contributed by atoms with Crippen LogP contribution >= 0.6 is 11.6 Å². The number of nitrogens with one attached hydrogen (secondary N) is 1. The minimum absolute atomic E-state index is 0.0208. The molecule has 140 valence electrons. The summed E-state index contributed by atoms with van der Waals surface area (Å²) >= 11 is 5.93. The molecule has 3 aliphatic rings. The molecule has 2 aromatic rings. The van der Waals surface area contributed by atoms with Crippen molar-refractivity contribution >= 4 is 27.4 Å². The first kappa shape index (κ1) is 14.8. The Morgan fingerprint density at radius 3 is 2.81 bits per heavy atom. The number of nitrogen functional groups attached to an aromatic ring is 1. The second-order valence-corrected chi connectivity index (χ2v) is 9.31. The van der Waals surface area contributed by atoms with Crippen molar-refractivity contribution in [3.63, 3.8) is 0 Å². The van der Waals surface area contributed by atoms with Crippen LogP contribution in [0.25, 0.3) is 11.3 Å². The maximum absolute atomic E-state index is 13.1. The number of anilines is 1. The molecule has 27 heavy (non-hydrogen) atoms. The number of rotatable bonds is 4. The van der Waals surface area contributed by atoms with Gasteiger partial charge in [0, 0.05) is 15.2 Å². The lowest BCUT2D eigenvalue weighted by atomic mass is 9.66. The quantitative estimate of drug-likeness (QED) is 0.804. The Hall–Kier alpha value is -2.21. The summed E-state index contributed by atoms with van der Waals surface area (Å²) in [7, 11) is -3.96. The summed E-state index contributed by atoms with van der Waals surface area (Å²) in [6.07, 6.45) is 3.47. The van der Waals surface area contributed by atoms with Crippen LogP contribution in [0.15, 0.2) is 29.3 Å². The average Bonchev–Trinajstić information content (AvgIpc) is 3.18. The van der Waals surface area contributed by atoms with Gasteiger partial charge >= 0.3 is 0 Å². The van der Waals surface area contributed by atoms with Crippen LogP contribution in [-0.2, 0) is 10.0 Å². The zero-order valence-corrected chi connectivity index (χ0v) is 15.7. The Labute approximate surface area is 166 Å². The number of halogens is 1. The molecule has 0 spiro atoms. The number of aromatic nitrogens is 2. The molecule has 2 bridgehead atoms. The summed E-state index contributed by atoms with van der Waals surface area (Å²) in [6.45, 7) is -2.51. The van der Waals surface area contributed by atoms with E-state index in [9.17, 15) is 13.7 Å². The standard InChI is InChI=1S/C18H18ClN5O2S/c1-11-2-3-12(6-13(11)14-7-22-16(21)15(19)23-14)27(25,26)24-18-5-4-17(8-18,9-18)10-20/h2-3,6-7,24H,4-5,8-9H2,1H3,(H2,21,22)/i1D3. The number of nitrogens with two attached hydrogens (primary N) is 1. The molecule has 3 fully saturated rings. The largest absolute Gasteiger partial charge is 0.381 e. The monoisotopic (exact) mass is 406 g/mol. The molecule has 5 rings (SSSR count). The van der Waals surface area contributed by atoms with Gasteiger partial charge in [0.2, 0.25) is 10.0 Å². The van der Waals surface area contributed by atoms with Gasteiger partial charge in [-0.2, -0.15) is 5.26 Å². The Bertz CT molecular complexity index is 1190. The smallest absolute Gasteiger partial charge is 0.241 e. The van der Waals surface area contributed by atoms with Gasteiger partial charge in [0.25, 0.3) is 0 Å². The van der Waals surface area contributed by atoms with E-state index in [1.165, 1.54) is 24.4 Å². The van der Waals surface area contributed by atoms with Crippen molar-refractivity contribution in [2.24, 2.45) is 5.41 Å². The number of sulfonamides is 1. The normalized spacial score (nSPS) is 28.5. The van der Waals surface area contributed by atoms with E-state index in [1.54, 1.807) is 0 Å². The summed E-state index contributed by atoms with van der Waals surface area (Å²) in [6, 6.07) is 6.04. The molecule has 1 aromatic heterocycles. The van der Waals surface area contributed by atoms with Crippen molar-refractivity contribution in [1.82, 2.24) is 14.7 Å². The summed E-state index contributed by atoms with van der Waals surface area (Å²) in [5.74, 6) is -0.0208. The first-order valence-corrected chi connectivity index (χ1v) is 10.1. The van der Waals surface area contributed by atoms with Crippen molar-refractivity contribution in [1.29, 1.82) is 5.26 Å². The van der Waals surface area contributed by atoms with Crippen molar-refractivity contribution in [2.75, 3.05) is 5.73 Å². The zero-order chi connectivity index (χ0) is 21.9. The number of benzene rings is 1. The maximum Gasteiger partial charge on any atom is 0.241 e. The molecule has 0 aliphatic heterocycles. The zero-order valence-electron chi connectivity index (χ0n) is 17.2. The first-order valence-electron chi connectivity index (χ1n) is 9.77. The fourth-order valence-electron chi connectivity index (χ4n) is 4.09. The summed E-state index contributed by atoms with van der Waals surface area (Å²) in [4.78, 5) is 7.85. The van der Waals surface area contributed by atoms with Crippen molar-refractivity contribution < 1.29 is 12.5 Å². The van der Waals surface area contributed by atoms with Crippen molar-refractivity contribution in [3.05, 3.63) is 35.1 Å². The lowest BCUT2D eigenvalue weighted by Crippen LogP contribution is -2.55. The molecule has 3 N–H and O–H groups in total. The van der Waals surface area contributed by atoms with Crippen LogP contribution in [0.4, 0.5) is 5.82 Å². The average molecular weight is 407 g/mol. The summed E-state index contributed by atoms with van der Waals surface area (Å²) in [5.41, 5.74) is 4.62. The van der Waals surface area contributed by atoms with E-state index in [0.717, 1.165) is 0 Å². The highest BCUT2D eigenvalue weighted by Gasteiger charge is 2.62. The number of hydrogen-bond acceptors (Lipinski definition) is 6. The molecular formula is C18H18ClN5O2S. The Kier molecular flexibility index (Phi) is 3.23. The maximum atomic E-state index is 13.1. The number of hydrogen-bond donors (Lipinski definition) is 2. The van der Waals surface area contributed by atoms with Crippen LogP contribution in [0.1, 0.15) is 35.4 Å². The molecule has 0 radical (unpaired) electrons. The van der Waals surface area contributed by atoms with E-state index in [1.807, 2.05) is 0 Å². The molecule has 9 heteroatoms. The van der Waals surface area contributed by atoms with Gasteiger partial charge in [-0.3, -0.25) is 0 Å². The summed E-state index contributed by atoms with van der Waals surface area (Å²) < 4.78 is 52.2. The Morgan fingerprint density at radius 2 is 2.19 bits per heavy atom. The predicted octanol–water partition coefficient (Wildman–Crippen LogP) is 2.80. The van der Waals surface area contributed by atoms with E-state index in [2.05, 4.69) is 20.8 Å². The predicted molar refractivity (Wildman–Crippen MR) is 101 cm³/mol. The lowest BCUT2D eigenvalue weighted by Gasteiger charge is -2.43. The van der Waals surface area contributed by atoms with Crippen molar-refractivity contribution in [3.8, 4) is 17.3 Å². The fraction of sp³-hybridized carbons (Fsp3) is 0.389. The summed E-state index contributed by atoms with van der Waals surface area (Å²) in [5, 5.41) is 9.18. The molecule has 0 atom stereocenters. The molecule has 7 nitrogen and oxygen atoms in total. The second kappa shape index (κ2) is 5.89. The fourth-order valence-corrected chi connectivity index (χ4v) is 5.68. The minimum atomic E-state index is -3.96. The number of nitriles is 1. The van der Waals surface area contributed by atoms with Gasteiger partial charge in [-0.25, -0.2) is 23.1 Å². The molecule has 0 saturated heterocycles. The van der Waals surface area contributed by atoms with Gasteiger partial charge in [-0.1, -0.05) is 17.7 Å². The van der Waals surface area contributed by atoms with Crippen LogP contribution in [0.3, 0.4) is 0 Å². The number of fused-ring (bicyclic) bond motifs is 1. The molecule has 0 amide bonds. The van der Waals surface area contributed by atoms with Crippen LogP contribution < -0.4 is 10.5 Å². The highest BCUT2D eigenvalue weighted by atomic mass is 35.5. The SMILES string of the molecule is [2H]C([2H])([2H])c1ccc(S(=O)(=O)NC23CCC(C#N)(C2)C3)cc1-c1cnc(N)c(Cl)n1. The second-order valence-electron chi connectivity index (χ2n) is 7.27. The van der Waals surface area contributed by atoms with Crippen LogP contribution in [-0.4, -0.2) is 23.9 Å². The van der Waals surface area contributed by atoms with E-state index >= 15 is 0 Å².